The highest BCUT2D eigenvalue weighted by atomic mass is 16.5. The van der Waals surface area contributed by atoms with Gasteiger partial charge >= 0.3 is 0 Å². The molecule has 0 aliphatic carbocycles. The molecule has 0 spiro atoms. The molecule has 2 rings (SSSR count). The quantitative estimate of drug-likeness (QED) is 0.745. The molecule has 0 aliphatic rings. The lowest BCUT2D eigenvalue weighted by molar-refractivity contribution is 0.370. The summed E-state index contributed by atoms with van der Waals surface area (Å²) in [5.41, 5.74) is 2.53. The third-order valence-corrected chi connectivity index (χ3v) is 3.39. The molecule has 96 valence electrons. The van der Waals surface area contributed by atoms with Gasteiger partial charge in [-0.05, 0) is 23.3 Å². The number of ether oxygens (including phenoxy) is 1. The van der Waals surface area contributed by atoms with Gasteiger partial charge in [-0.15, -0.1) is 6.42 Å². The van der Waals surface area contributed by atoms with Crippen molar-refractivity contribution in [2.75, 3.05) is 6.61 Å². The highest BCUT2D eigenvalue weighted by molar-refractivity contribution is 5.39. The van der Waals surface area contributed by atoms with Crippen LogP contribution in [0.2, 0.25) is 0 Å². The van der Waals surface area contributed by atoms with Crippen LogP contribution in [0.5, 0.6) is 5.75 Å². The lowest BCUT2D eigenvalue weighted by Crippen LogP contribution is -2.18. The Morgan fingerprint density at radius 1 is 0.947 bits per heavy atom. The Bertz CT molecular complexity index is 559. The molecule has 0 radical (unpaired) electrons. The first-order valence-electron chi connectivity index (χ1n) is 6.37. The number of rotatable bonds is 4. The molecular weight excluding hydrogens is 232 g/mol. The van der Waals surface area contributed by atoms with Crippen molar-refractivity contribution < 1.29 is 4.74 Å². The van der Waals surface area contributed by atoms with Crippen LogP contribution in [0.1, 0.15) is 25.0 Å². The lowest BCUT2D eigenvalue weighted by Gasteiger charge is -2.26. The third-order valence-electron chi connectivity index (χ3n) is 3.39. The number of hydrogen-bond acceptors (Lipinski definition) is 1. The molecule has 0 aromatic heterocycles. The second-order valence-corrected chi connectivity index (χ2v) is 5.01. The van der Waals surface area contributed by atoms with Crippen LogP contribution in [-0.2, 0) is 5.41 Å². The average molecular weight is 250 g/mol. The third kappa shape index (κ3) is 2.98. The summed E-state index contributed by atoms with van der Waals surface area (Å²) in [4.78, 5) is 0. The zero-order chi connectivity index (χ0) is 13.7. The maximum atomic E-state index is 5.39. The average Bonchev–Trinajstić information content (AvgIpc) is 2.46. The van der Waals surface area contributed by atoms with E-state index in [1.165, 1.54) is 11.1 Å². The van der Waals surface area contributed by atoms with E-state index in [1.807, 2.05) is 18.2 Å². The van der Waals surface area contributed by atoms with Gasteiger partial charge in [0.2, 0.25) is 0 Å². The van der Waals surface area contributed by atoms with E-state index in [1.54, 1.807) is 0 Å². The molecular formula is C18H18O. The minimum atomic E-state index is -0.0219. The van der Waals surface area contributed by atoms with Crippen molar-refractivity contribution >= 4 is 0 Å². The van der Waals surface area contributed by atoms with Gasteiger partial charge in [0, 0.05) is 5.41 Å². The highest BCUT2D eigenvalue weighted by Crippen LogP contribution is 2.32. The van der Waals surface area contributed by atoms with Crippen molar-refractivity contribution in [3.8, 4) is 18.1 Å². The Hall–Kier alpha value is -2.20. The number of terminal acetylenes is 1. The first-order valence-corrected chi connectivity index (χ1v) is 6.37. The molecule has 0 bridgehead atoms. The molecule has 2 aromatic rings. The van der Waals surface area contributed by atoms with Gasteiger partial charge in [0.05, 0.1) is 0 Å². The van der Waals surface area contributed by atoms with E-state index in [9.17, 15) is 0 Å². The number of hydrogen-bond donors (Lipinski definition) is 0. The fourth-order valence-electron chi connectivity index (χ4n) is 2.11. The Morgan fingerprint density at radius 3 is 2.11 bits per heavy atom. The highest BCUT2D eigenvalue weighted by Gasteiger charge is 2.22. The van der Waals surface area contributed by atoms with Crippen molar-refractivity contribution in [2.45, 2.75) is 19.3 Å². The van der Waals surface area contributed by atoms with Gasteiger partial charge in [-0.2, -0.15) is 0 Å². The fourth-order valence-corrected chi connectivity index (χ4v) is 2.11. The predicted molar refractivity (Wildman–Crippen MR) is 79.3 cm³/mol. The van der Waals surface area contributed by atoms with E-state index in [0.717, 1.165) is 5.75 Å². The Balaban J connectivity index is 2.24. The molecule has 1 nitrogen and oxygen atoms in total. The minimum Gasteiger partial charge on any atom is -0.481 e. The summed E-state index contributed by atoms with van der Waals surface area (Å²) in [5, 5.41) is 0. The summed E-state index contributed by atoms with van der Waals surface area (Å²) >= 11 is 0. The summed E-state index contributed by atoms with van der Waals surface area (Å²) in [6.07, 6.45) is 5.18. The summed E-state index contributed by atoms with van der Waals surface area (Å²) in [6, 6.07) is 18.6. The molecule has 0 N–H and O–H groups in total. The lowest BCUT2D eigenvalue weighted by atomic mass is 9.78. The van der Waals surface area contributed by atoms with E-state index in [2.05, 4.69) is 56.2 Å². The summed E-state index contributed by atoms with van der Waals surface area (Å²) in [5.74, 6) is 3.28. The van der Waals surface area contributed by atoms with E-state index in [-0.39, 0.29) is 5.41 Å². The van der Waals surface area contributed by atoms with Crippen LogP contribution in [-0.4, -0.2) is 6.61 Å². The molecule has 0 unspecified atom stereocenters. The van der Waals surface area contributed by atoms with Gasteiger partial charge < -0.3 is 4.74 Å². The SMILES string of the molecule is C#CCOc1ccc(C(C)(C)c2ccccc2)cc1. The van der Waals surface area contributed by atoms with Gasteiger partial charge in [-0.25, -0.2) is 0 Å². The van der Waals surface area contributed by atoms with Crippen LogP contribution in [0.15, 0.2) is 54.6 Å². The maximum absolute atomic E-state index is 5.39. The van der Waals surface area contributed by atoms with Gasteiger partial charge in [0.25, 0.3) is 0 Å². The molecule has 0 saturated heterocycles. The monoisotopic (exact) mass is 250 g/mol. The standard InChI is InChI=1S/C18H18O/c1-4-14-19-17-12-10-16(11-13-17)18(2,3)15-8-6-5-7-9-15/h1,5-13H,14H2,2-3H3. The van der Waals surface area contributed by atoms with Crippen LogP contribution in [0.3, 0.4) is 0 Å². The van der Waals surface area contributed by atoms with E-state index < -0.39 is 0 Å². The molecule has 0 amide bonds. The van der Waals surface area contributed by atoms with Crippen molar-refractivity contribution in [3.63, 3.8) is 0 Å². The zero-order valence-corrected chi connectivity index (χ0v) is 11.4. The molecule has 1 heteroatoms. The molecule has 0 atom stereocenters. The topological polar surface area (TPSA) is 9.23 Å². The molecule has 0 aliphatic heterocycles. The Labute approximate surface area is 115 Å². The molecule has 2 aromatic carbocycles. The second kappa shape index (κ2) is 5.63. The van der Waals surface area contributed by atoms with Gasteiger partial charge in [-0.3, -0.25) is 0 Å². The Kier molecular flexibility index (Phi) is 3.92. The largest absolute Gasteiger partial charge is 0.481 e. The van der Waals surface area contributed by atoms with E-state index in [0.29, 0.717) is 6.61 Å². The van der Waals surface area contributed by atoms with Crippen molar-refractivity contribution in [2.24, 2.45) is 0 Å². The summed E-state index contributed by atoms with van der Waals surface area (Å²) in [6.45, 7) is 4.75. The summed E-state index contributed by atoms with van der Waals surface area (Å²) in [7, 11) is 0. The Morgan fingerprint density at radius 2 is 1.53 bits per heavy atom. The van der Waals surface area contributed by atoms with Crippen molar-refractivity contribution in [3.05, 3.63) is 65.7 Å². The van der Waals surface area contributed by atoms with Crippen LogP contribution in [0.25, 0.3) is 0 Å². The molecule has 0 heterocycles. The maximum Gasteiger partial charge on any atom is 0.148 e. The molecule has 19 heavy (non-hydrogen) atoms. The van der Waals surface area contributed by atoms with E-state index in [4.69, 9.17) is 11.2 Å². The van der Waals surface area contributed by atoms with Gasteiger partial charge in [-0.1, -0.05) is 62.2 Å². The van der Waals surface area contributed by atoms with Crippen LogP contribution in [0, 0.1) is 12.3 Å². The number of benzene rings is 2. The summed E-state index contributed by atoms with van der Waals surface area (Å²) < 4.78 is 5.39. The minimum absolute atomic E-state index is 0.0219. The van der Waals surface area contributed by atoms with Crippen molar-refractivity contribution in [1.82, 2.24) is 0 Å². The van der Waals surface area contributed by atoms with E-state index >= 15 is 0 Å². The fraction of sp³-hybridized carbons (Fsp3) is 0.222. The van der Waals surface area contributed by atoms with Crippen LogP contribution in [0.4, 0.5) is 0 Å². The molecule has 0 fully saturated rings. The first kappa shape index (κ1) is 13.2. The zero-order valence-electron chi connectivity index (χ0n) is 11.4. The van der Waals surface area contributed by atoms with Gasteiger partial charge in [0.1, 0.15) is 12.4 Å². The normalized spacial score (nSPS) is 10.8. The van der Waals surface area contributed by atoms with Crippen LogP contribution >= 0.6 is 0 Å². The predicted octanol–water partition coefficient (Wildman–Crippen LogP) is 4.02. The second-order valence-electron chi connectivity index (χ2n) is 5.01. The van der Waals surface area contributed by atoms with Crippen molar-refractivity contribution in [1.29, 1.82) is 0 Å². The van der Waals surface area contributed by atoms with Crippen LogP contribution < -0.4 is 4.74 Å². The smallest absolute Gasteiger partial charge is 0.148 e. The van der Waals surface area contributed by atoms with Gasteiger partial charge in [0.15, 0.2) is 0 Å². The molecule has 0 saturated carbocycles. The first-order chi connectivity index (χ1) is 9.14.